The smallest absolute Gasteiger partial charge is 0.270 e. The highest BCUT2D eigenvalue weighted by Crippen LogP contribution is 2.69. The number of halogens is 2. The van der Waals surface area contributed by atoms with E-state index in [0.717, 1.165) is 30.6 Å². The van der Waals surface area contributed by atoms with Gasteiger partial charge in [0, 0.05) is 6.42 Å². The Hall–Kier alpha value is -0.230. The van der Waals surface area contributed by atoms with Gasteiger partial charge >= 0.3 is 0 Å². The van der Waals surface area contributed by atoms with Crippen molar-refractivity contribution in [2.75, 3.05) is 5.75 Å². The van der Waals surface area contributed by atoms with Gasteiger partial charge in [-0.3, -0.25) is 4.55 Å². The topological polar surface area (TPSA) is 54.4 Å². The van der Waals surface area contributed by atoms with Crippen molar-refractivity contribution < 1.29 is 21.8 Å². The Bertz CT molecular complexity index is 547. The molecule has 7 unspecified atom stereocenters. The number of rotatable bonds is 4. The Kier molecular flexibility index (Phi) is 3.01. The molecule has 4 aliphatic carbocycles. The van der Waals surface area contributed by atoms with Gasteiger partial charge in [-0.15, -0.1) is 0 Å². The maximum absolute atomic E-state index is 13.9. The van der Waals surface area contributed by atoms with Crippen molar-refractivity contribution in [1.82, 2.24) is 0 Å². The molecule has 4 fully saturated rings. The minimum Gasteiger partial charge on any atom is -0.285 e. The van der Waals surface area contributed by atoms with Crippen LogP contribution in [-0.4, -0.2) is 24.6 Å². The lowest BCUT2D eigenvalue weighted by Crippen LogP contribution is -2.37. The molecule has 0 aliphatic heterocycles. The van der Waals surface area contributed by atoms with Crippen molar-refractivity contribution in [3.63, 3.8) is 0 Å². The van der Waals surface area contributed by atoms with Crippen LogP contribution in [0.25, 0.3) is 0 Å². The van der Waals surface area contributed by atoms with Gasteiger partial charge in [0.2, 0.25) is 0 Å². The second-order valence-electron chi connectivity index (χ2n) is 7.93. The molecule has 4 rings (SSSR count). The molecule has 4 aliphatic rings. The van der Waals surface area contributed by atoms with Crippen molar-refractivity contribution in [2.45, 2.75) is 44.4 Å². The number of alkyl halides is 2. The van der Waals surface area contributed by atoms with Crippen LogP contribution in [0.5, 0.6) is 0 Å². The molecule has 4 bridgehead atoms. The molecule has 3 nitrogen and oxygen atoms in total. The monoisotopic (exact) mass is 320 g/mol. The Labute approximate surface area is 124 Å². The van der Waals surface area contributed by atoms with Gasteiger partial charge in [-0.05, 0) is 73.5 Å². The largest absolute Gasteiger partial charge is 0.285 e. The number of fused-ring (bicyclic) bond motifs is 9. The lowest BCUT2D eigenvalue weighted by molar-refractivity contribution is -0.0229. The van der Waals surface area contributed by atoms with Gasteiger partial charge in [0.15, 0.2) is 0 Å². The molecule has 0 aromatic carbocycles. The van der Waals surface area contributed by atoms with Crippen LogP contribution < -0.4 is 0 Å². The van der Waals surface area contributed by atoms with E-state index in [1.54, 1.807) is 0 Å². The molecule has 0 spiro atoms. The summed E-state index contributed by atoms with van der Waals surface area (Å²) in [6.45, 7) is 0. The summed E-state index contributed by atoms with van der Waals surface area (Å²) in [6, 6.07) is 0. The first-order chi connectivity index (χ1) is 9.73. The lowest BCUT2D eigenvalue weighted by atomic mass is 9.66. The van der Waals surface area contributed by atoms with E-state index in [9.17, 15) is 17.2 Å². The van der Waals surface area contributed by atoms with Gasteiger partial charge < -0.3 is 0 Å². The Balaban J connectivity index is 1.47. The van der Waals surface area contributed by atoms with E-state index in [1.165, 1.54) is 19.3 Å². The van der Waals surface area contributed by atoms with E-state index in [4.69, 9.17) is 4.55 Å². The maximum atomic E-state index is 13.9. The van der Waals surface area contributed by atoms with Crippen molar-refractivity contribution in [1.29, 1.82) is 0 Å². The molecule has 7 atom stereocenters. The Morgan fingerprint density at radius 3 is 2.33 bits per heavy atom. The minimum absolute atomic E-state index is 0.0488. The standard InChI is InChI=1S/C15H22F2O3S/c16-15(17,7-21(18,19)20)6-11-4-10-5-12(11)14-9-2-1-8(3-9)13(10)14/h8-14H,1-7H2,(H,18,19,20). The lowest BCUT2D eigenvalue weighted by Gasteiger charge is -2.39. The molecule has 120 valence electrons. The first-order valence-electron chi connectivity index (χ1n) is 8.06. The van der Waals surface area contributed by atoms with Gasteiger partial charge in [-0.1, -0.05) is 0 Å². The summed E-state index contributed by atoms with van der Waals surface area (Å²) < 4.78 is 58.0. The van der Waals surface area contributed by atoms with Crippen LogP contribution in [0.4, 0.5) is 8.78 Å². The maximum Gasteiger partial charge on any atom is 0.270 e. The molecule has 4 saturated carbocycles. The predicted molar refractivity (Wildman–Crippen MR) is 73.5 cm³/mol. The zero-order chi connectivity index (χ0) is 15.0. The molecule has 21 heavy (non-hydrogen) atoms. The number of hydrogen-bond acceptors (Lipinski definition) is 2. The van der Waals surface area contributed by atoms with Crippen LogP contribution in [0.1, 0.15) is 38.5 Å². The fourth-order valence-corrected chi connectivity index (χ4v) is 7.30. The second-order valence-corrected chi connectivity index (χ2v) is 9.38. The van der Waals surface area contributed by atoms with Crippen molar-refractivity contribution >= 4 is 10.1 Å². The van der Waals surface area contributed by atoms with Crippen LogP contribution in [0.2, 0.25) is 0 Å². The Morgan fingerprint density at radius 2 is 1.67 bits per heavy atom. The molecule has 0 radical (unpaired) electrons. The molecule has 0 saturated heterocycles. The first-order valence-corrected chi connectivity index (χ1v) is 9.67. The molecular formula is C15H22F2O3S. The summed E-state index contributed by atoms with van der Waals surface area (Å²) in [5.41, 5.74) is 0. The summed E-state index contributed by atoms with van der Waals surface area (Å²) in [5, 5.41) is 0. The molecule has 0 aromatic rings. The van der Waals surface area contributed by atoms with E-state index in [1.807, 2.05) is 0 Å². The van der Waals surface area contributed by atoms with E-state index < -0.39 is 21.8 Å². The zero-order valence-electron chi connectivity index (χ0n) is 11.9. The average Bonchev–Trinajstić information content (AvgIpc) is 3.02. The van der Waals surface area contributed by atoms with E-state index in [-0.39, 0.29) is 12.3 Å². The first kappa shape index (κ1) is 14.4. The molecular weight excluding hydrogens is 298 g/mol. The SMILES string of the molecule is O=S(=O)(O)CC(F)(F)CC1CC2CC1C1C3CCC(C3)C21. The molecule has 0 heterocycles. The normalized spacial score (nSPS) is 48.0. The summed E-state index contributed by atoms with van der Waals surface area (Å²) in [6.07, 6.45) is 5.46. The number of hydrogen-bond donors (Lipinski definition) is 1. The van der Waals surface area contributed by atoms with Gasteiger partial charge in [-0.25, -0.2) is 8.78 Å². The molecule has 1 N–H and O–H groups in total. The summed E-state index contributed by atoms with van der Waals surface area (Å²) in [5.74, 6) is -0.794. The third-order valence-electron chi connectivity index (χ3n) is 6.83. The van der Waals surface area contributed by atoms with Crippen LogP contribution in [0, 0.1) is 41.4 Å². The van der Waals surface area contributed by atoms with Gasteiger partial charge in [-0.2, -0.15) is 8.42 Å². The van der Waals surface area contributed by atoms with Crippen LogP contribution in [-0.2, 0) is 10.1 Å². The predicted octanol–water partition coefficient (Wildman–Crippen LogP) is 3.22. The summed E-state index contributed by atoms with van der Waals surface area (Å²) in [7, 11) is -4.61. The highest BCUT2D eigenvalue weighted by atomic mass is 32.2. The van der Waals surface area contributed by atoms with Crippen molar-refractivity contribution in [3.8, 4) is 0 Å². The highest BCUT2D eigenvalue weighted by Gasteiger charge is 2.62. The van der Waals surface area contributed by atoms with Crippen molar-refractivity contribution in [3.05, 3.63) is 0 Å². The van der Waals surface area contributed by atoms with Gasteiger partial charge in [0.25, 0.3) is 16.0 Å². The minimum atomic E-state index is -4.61. The fraction of sp³-hybridized carbons (Fsp3) is 1.00. The van der Waals surface area contributed by atoms with Gasteiger partial charge in [0.1, 0.15) is 5.75 Å². The Morgan fingerprint density at radius 1 is 1.00 bits per heavy atom. The highest BCUT2D eigenvalue weighted by molar-refractivity contribution is 7.85. The molecule has 0 aromatic heterocycles. The third kappa shape index (κ3) is 2.33. The quantitative estimate of drug-likeness (QED) is 0.639. The molecule has 6 heteroatoms. The van der Waals surface area contributed by atoms with Crippen LogP contribution in [0.15, 0.2) is 0 Å². The second kappa shape index (κ2) is 4.40. The summed E-state index contributed by atoms with van der Waals surface area (Å²) >= 11 is 0. The third-order valence-corrected chi connectivity index (χ3v) is 7.61. The molecule has 0 amide bonds. The zero-order valence-corrected chi connectivity index (χ0v) is 12.7. The summed E-state index contributed by atoms with van der Waals surface area (Å²) in [4.78, 5) is 0. The van der Waals surface area contributed by atoms with Crippen LogP contribution >= 0.6 is 0 Å². The van der Waals surface area contributed by atoms with Gasteiger partial charge in [0.05, 0.1) is 0 Å². The average molecular weight is 320 g/mol. The fourth-order valence-electron chi connectivity index (χ4n) is 6.65. The van der Waals surface area contributed by atoms with E-state index in [0.29, 0.717) is 17.8 Å². The van der Waals surface area contributed by atoms with E-state index in [2.05, 4.69) is 0 Å². The van der Waals surface area contributed by atoms with E-state index >= 15 is 0 Å². The van der Waals surface area contributed by atoms with Crippen LogP contribution in [0.3, 0.4) is 0 Å². The van der Waals surface area contributed by atoms with Crippen molar-refractivity contribution in [2.24, 2.45) is 41.4 Å².